The third-order valence-corrected chi connectivity index (χ3v) is 4.51. The topological polar surface area (TPSA) is 81.3 Å². The molecule has 0 bridgehead atoms. The Kier molecular flexibility index (Phi) is 4.64. The summed E-state index contributed by atoms with van der Waals surface area (Å²) in [4.78, 5) is 23.0. The summed E-state index contributed by atoms with van der Waals surface area (Å²) in [6.45, 7) is 2.82. The summed E-state index contributed by atoms with van der Waals surface area (Å²) >= 11 is 0. The van der Waals surface area contributed by atoms with Crippen molar-refractivity contribution < 1.29 is 9.53 Å². The van der Waals surface area contributed by atoms with Gasteiger partial charge in [-0.05, 0) is 24.8 Å². The predicted molar refractivity (Wildman–Crippen MR) is 91.6 cm³/mol. The highest BCUT2D eigenvalue weighted by atomic mass is 16.5. The zero-order chi connectivity index (χ0) is 17.1. The van der Waals surface area contributed by atoms with E-state index in [1.807, 2.05) is 29.2 Å². The van der Waals surface area contributed by atoms with E-state index in [2.05, 4.69) is 16.9 Å². The van der Waals surface area contributed by atoms with Crippen LogP contribution in [0.15, 0.2) is 36.7 Å². The molecule has 1 aromatic carbocycles. The van der Waals surface area contributed by atoms with Crippen LogP contribution in [0.1, 0.15) is 41.9 Å². The molecule has 1 aromatic heterocycles. The summed E-state index contributed by atoms with van der Waals surface area (Å²) in [6.07, 6.45) is 4.92. The number of anilines is 1. The molecule has 2 aromatic rings. The smallest absolute Gasteiger partial charge is 0.276 e. The normalized spacial score (nSPS) is 20.7. The van der Waals surface area contributed by atoms with Crippen LogP contribution in [0.2, 0.25) is 0 Å². The average molecular weight is 326 g/mol. The lowest BCUT2D eigenvalue weighted by molar-refractivity contribution is 0.0535. The molecule has 2 heterocycles. The Morgan fingerprint density at radius 3 is 2.75 bits per heavy atom. The van der Waals surface area contributed by atoms with Gasteiger partial charge in [-0.1, -0.05) is 25.1 Å². The number of piperidine rings is 1. The molecule has 6 nitrogen and oxygen atoms in total. The first-order chi connectivity index (χ1) is 11.6. The number of benzene rings is 1. The van der Waals surface area contributed by atoms with Crippen molar-refractivity contribution in [1.82, 2.24) is 14.9 Å². The largest absolute Gasteiger partial charge is 0.496 e. The Hall–Kier alpha value is -2.63. The standard InChI is InChI=1S/C18H22N4O2/c1-12-7-8-14(13-5-3-4-6-15(13)24-2)22(11-12)18(23)16-17(19)21-10-9-20-16/h3-6,9-10,12,14H,7-8,11H2,1-2H3,(H2,19,21)/t12-,14+/m1/s1. The fourth-order valence-corrected chi connectivity index (χ4v) is 3.29. The number of amides is 1. The van der Waals surface area contributed by atoms with Gasteiger partial charge < -0.3 is 15.4 Å². The van der Waals surface area contributed by atoms with Crippen molar-refractivity contribution >= 4 is 11.7 Å². The first-order valence-corrected chi connectivity index (χ1v) is 8.12. The van der Waals surface area contributed by atoms with Crippen molar-refractivity contribution in [2.24, 2.45) is 5.92 Å². The Balaban J connectivity index is 1.99. The Labute approximate surface area is 141 Å². The minimum atomic E-state index is -0.178. The SMILES string of the molecule is COc1ccccc1[C@@H]1CC[C@@H](C)CN1C(=O)c1nccnc1N. The fourth-order valence-electron chi connectivity index (χ4n) is 3.29. The van der Waals surface area contributed by atoms with Crippen LogP contribution in [0.4, 0.5) is 5.82 Å². The maximum Gasteiger partial charge on any atom is 0.276 e. The molecule has 0 spiro atoms. The molecule has 0 saturated carbocycles. The number of methoxy groups -OCH3 is 1. The summed E-state index contributed by atoms with van der Waals surface area (Å²) in [5.41, 5.74) is 7.09. The highest BCUT2D eigenvalue weighted by Crippen LogP contribution is 2.38. The molecule has 24 heavy (non-hydrogen) atoms. The molecule has 1 aliphatic rings. The van der Waals surface area contributed by atoms with Crippen molar-refractivity contribution in [1.29, 1.82) is 0 Å². The number of nitrogens with zero attached hydrogens (tertiary/aromatic N) is 3. The Bertz CT molecular complexity index is 734. The number of likely N-dealkylation sites (tertiary alicyclic amines) is 1. The molecule has 0 radical (unpaired) electrons. The molecule has 1 fully saturated rings. The molecule has 1 aliphatic heterocycles. The molecule has 2 N–H and O–H groups in total. The number of aromatic nitrogens is 2. The molecule has 2 atom stereocenters. The second-order valence-electron chi connectivity index (χ2n) is 6.19. The molecule has 1 amide bonds. The van der Waals surface area contributed by atoms with E-state index in [0.29, 0.717) is 12.5 Å². The van der Waals surface area contributed by atoms with Gasteiger partial charge in [0.1, 0.15) is 5.75 Å². The van der Waals surface area contributed by atoms with E-state index >= 15 is 0 Å². The van der Waals surface area contributed by atoms with Crippen LogP contribution < -0.4 is 10.5 Å². The van der Waals surface area contributed by atoms with Gasteiger partial charge in [0.05, 0.1) is 13.2 Å². The van der Waals surface area contributed by atoms with Gasteiger partial charge in [-0.15, -0.1) is 0 Å². The van der Waals surface area contributed by atoms with Crippen LogP contribution in [-0.2, 0) is 0 Å². The van der Waals surface area contributed by atoms with Crippen LogP contribution in [-0.4, -0.2) is 34.4 Å². The van der Waals surface area contributed by atoms with Gasteiger partial charge in [0.25, 0.3) is 5.91 Å². The van der Waals surface area contributed by atoms with Crippen LogP contribution >= 0.6 is 0 Å². The van der Waals surface area contributed by atoms with E-state index in [0.717, 1.165) is 24.2 Å². The van der Waals surface area contributed by atoms with E-state index in [4.69, 9.17) is 10.5 Å². The van der Waals surface area contributed by atoms with Gasteiger partial charge in [-0.25, -0.2) is 9.97 Å². The van der Waals surface area contributed by atoms with Gasteiger partial charge in [-0.2, -0.15) is 0 Å². The summed E-state index contributed by atoms with van der Waals surface area (Å²) in [6, 6.07) is 7.79. The molecule has 0 aliphatic carbocycles. The maximum atomic E-state index is 13.1. The molecule has 6 heteroatoms. The summed E-state index contributed by atoms with van der Waals surface area (Å²) in [5.74, 6) is 1.21. The number of hydrogen-bond donors (Lipinski definition) is 1. The highest BCUT2D eigenvalue weighted by Gasteiger charge is 2.34. The van der Waals surface area contributed by atoms with E-state index in [-0.39, 0.29) is 23.5 Å². The minimum Gasteiger partial charge on any atom is -0.496 e. The van der Waals surface area contributed by atoms with Crippen molar-refractivity contribution in [2.45, 2.75) is 25.8 Å². The average Bonchev–Trinajstić information content (AvgIpc) is 2.61. The number of rotatable bonds is 3. The van der Waals surface area contributed by atoms with Crippen molar-refractivity contribution in [2.75, 3.05) is 19.4 Å². The molecule has 3 rings (SSSR count). The number of para-hydroxylation sites is 1. The Morgan fingerprint density at radius 1 is 1.25 bits per heavy atom. The zero-order valence-corrected chi connectivity index (χ0v) is 14.0. The summed E-state index contributed by atoms with van der Waals surface area (Å²) < 4.78 is 5.49. The van der Waals surface area contributed by atoms with Crippen LogP contribution in [0.3, 0.4) is 0 Å². The first kappa shape index (κ1) is 16.2. The quantitative estimate of drug-likeness (QED) is 0.938. The second kappa shape index (κ2) is 6.86. The maximum absolute atomic E-state index is 13.1. The number of carbonyl (C=O) groups is 1. The number of hydrogen-bond acceptors (Lipinski definition) is 5. The second-order valence-corrected chi connectivity index (χ2v) is 6.19. The number of nitrogens with two attached hydrogens (primary N) is 1. The van der Waals surface area contributed by atoms with Crippen molar-refractivity contribution in [3.05, 3.63) is 47.9 Å². The molecule has 126 valence electrons. The van der Waals surface area contributed by atoms with Crippen molar-refractivity contribution in [3.8, 4) is 5.75 Å². The molecule has 1 saturated heterocycles. The number of nitrogen functional groups attached to an aromatic ring is 1. The summed E-state index contributed by atoms with van der Waals surface area (Å²) in [5, 5.41) is 0. The third-order valence-electron chi connectivity index (χ3n) is 4.51. The van der Waals surface area contributed by atoms with Gasteiger partial charge in [0, 0.05) is 24.5 Å². The minimum absolute atomic E-state index is 0.0498. The molecular weight excluding hydrogens is 304 g/mol. The van der Waals surface area contributed by atoms with Gasteiger partial charge in [0.2, 0.25) is 0 Å². The van der Waals surface area contributed by atoms with Crippen molar-refractivity contribution in [3.63, 3.8) is 0 Å². The summed E-state index contributed by atoms with van der Waals surface area (Å²) in [7, 11) is 1.65. The zero-order valence-electron chi connectivity index (χ0n) is 14.0. The number of ether oxygens (including phenoxy) is 1. The van der Waals surface area contributed by atoms with Gasteiger partial charge >= 0.3 is 0 Å². The van der Waals surface area contributed by atoms with E-state index < -0.39 is 0 Å². The molecular formula is C18H22N4O2. The lowest BCUT2D eigenvalue weighted by Crippen LogP contribution is -2.42. The van der Waals surface area contributed by atoms with Crippen LogP contribution in [0, 0.1) is 5.92 Å². The number of carbonyl (C=O) groups excluding carboxylic acids is 1. The monoisotopic (exact) mass is 326 g/mol. The third kappa shape index (κ3) is 3.04. The van der Waals surface area contributed by atoms with E-state index in [9.17, 15) is 4.79 Å². The van der Waals surface area contributed by atoms with Crippen LogP contribution in [0.25, 0.3) is 0 Å². The molecule has 0 unspecified atom stereocenters. The fraction of sp³-hybridized carbons (Fsp3) is 0.389. The lowest BCUT2D eigenvalue weighted by atomic mass is 9.89. The van der Waals surface area contributed by atoms with E-state index in [1.54, 1.807) is 7.11 Å². The van der Waals surface area contributed by atoms with Gasteiger partial charge in [0.15, 0.2) is 11.5 Å². The van der Waals surface area contributed by atoms with E-state index in [1.165, 1.54) is 12.4 Å². The lowest BCUT2D eigenvalue weighted by Gasteiger charge is -2.39. The predicted octanol–water partition coefficient (Wildman–Crippen LogP) is 2.68. The first-order valence-electron chi connectivity index (χ1n) is 8.12. The Morgan fingerprint density at radius 2 is 2.00 bits per heavy atom. The highest BCUT2D eigenvalue weighted by molar-refractivity contribution is 5.96. The van der Waals surface area contributed by atoms with Gasteiger partial charge in [-0.3, -0.25) is 4.79 Å². The van der Waals surface area contributed by atoms with Crippen LogP contribution in [0.5, 0.6) is 5.75 Å².